The molecule has 0 N–H and O–H groups in total. The first-order valence-corrected chi connectivity index (χ1v) is 15.0. The molecule has 0 spiro atoms. The van der Waals surface area contributed by atoms with Gasteiger partial charge in [0.25, 0.3) is 0 Å². The summed E-state index contributed by atoms with van der Waals surface area (Å²) in [6.45, 7) is 4.29. The molecule has 42 heavy (non-hydrogen) atoms. The molecule has 0 saturated heterocycles. The number of benzene rings is 5. The largest absolute Gasteiger partial charge is 0.333 e. The fraction of sp³-hybridized carbons (Fsp3) is 0.0526. The monoisotopic (exact) mass is 557 g/mol. The molecule has 0 radical (unpaired) electrons. The highest BCUT2D eigenvalue weighted by Crippen LogP contribution is 2.49. The van der Waals surface area contributed by atoms with Gasteiger partial charge in [-0.05, 0) is 70.1 Å². The van der Waals surface area contributed by atoms with Crippen LogP contribution in [0.5, 0.6) is 0 Å². The minimum absolute atomic E-state index is 0.0689. The molecule has 3 heterocycles. The van der Waals surface area contributed by atoms with E-state index in [1.54, 1.807) is 12.4 Å². The summed E-state index contributed by atoms with van der Waals surface area (Å²) in [6, 6.07) is 39.2. The molecule has 0 fully saturated rings. The average molecular weight is 558 g/mol. The lowest BCUT2D eigenvalue weighted by molar-refractivity contribution is 0.756. The molecule has 8 rings (SSSR count). The summed E-state index contributed by atoms with van der Waals surface area (Å²) in [4.78, 5) is 14.0. The van der Waals surface area contributed by atoms with E-state index in [-0.39, 0.29) is 12.0 Å². The minimum atomic E-state index is 0.0689. The molecule has 2 aliphatic rings. The maximum absolute atomic E-state index is 4.47. The fourth-order valence-corrected chi connectivity index (χ4v) is 7.55. The molecule has 2 aliphatic heterocycles. The van der Waals surface area contributed by atoms with Gasteiger partial charge in [-0.3, -0.25) is 0 Å². The third-order valence-corrected chi connectivity index (χ3v) is 9.42. The topological polar surface area (TPSA) is 29.0 Å². The molecular formula is C38H27N3S. The molecule has 1 aromatic heterocycles. The van der Waals surface area contributed by atoms with Crippen molar-refractivity contribution in [3.05, 3.63) is 151 Å². The van der Waals surface area contributed by atoms with Crippen LogP contribution >= 0.6 is 11.8 Å². The fourth-order valence-electron chi connectivity index (χ4n) is 6.42. The summed E-state index contributed by atoms with van der Waals surface area (Å²) in [5, 5.41) is 2.65. The highest BCUT2D eigenvalue weighted by Gasteiger charge is 2.36. The molecule has 0 amide bonds. The van der Waals surface area contributed by atoms with Gasteiger partial charge in [0.1, 0.15) is 0 Å². The number of aromatic nitrogens is 2. The summed E-state index contributed by atoms with van der Waals surface area (Å²) >= 11 is 1.87. The van der Waals surface area contributed by atoms with Crippen LogP contribution in [0.2, 0.25) is 0 Å². The molecule has 0 saturated carbocycles. The predicted molar refractivity (Wildman–Crippen MR) is 175 cm³/mol. The number of rotatable bonds is 5. The van der Waals surface area contributed by atoms with Gasteiger partial charge in [0.2, 0.25) is 0 Å². The lowest BCUT2D eigenvalue weighted by Crippen LogP contribution is -2.27. The van der Waals surface area contributed by atoms with Crippen LogP contribution in [-0.4, -0.2) is 16.0 Å². The first-order chi connectivity index (χ1) is 20.8. The van der Waals surface area contributed by atoms with Crippen molar-refractivity contribution in [2.24, 2.45) is 0 Å². The summed E-state index contributed by atoms with van der Waals surface area (Å²) in [6.07, 6.45) is 10.3. The molecule has 0 aliphatic carbocycles. The van der Waals surface area contributed by atoms with E-state index < -0.39 is 0 Å². The van der Waals surface area contributed by atoms with Crippen LogP contribution in [0.3, 0.4) is 0 Å². The third-order valence-electron chi connectivity index (χ3n) is 8.29. The SMILES string of the molecule is C=CC1C(/C=C/c2ccc3c(c2)-c2cccc4cccc(c24)S3)c2ccccc2N1c1cccc(-c2ncccn2)c1. The number of nitrogens with zero attached hydrogens (tertiary/aromatic N) is 3. The van der Waals surface area contributed by atoms with E-state index in [0.717, 1.165) is 17.1 Å². The Morgan fingerprint density at radius 3 is 2.45 bits per heavy atom. The van der Waals surface area contributed by atoms with Gasteiger partial charge < -0.3 is 4.90 Å². The Balaban J connectivity index is 1.17. The zero-order valence-corrected chi connectivity index (χ0v) is 23.7. The molecular weight excluding hydrogens is 531 g/mol. The highest BCUT2D eigenvalue weighted by atomic mass is 32.2. The Labute approximate surface area is 249 Å². The Kier molecular flexibility index (Phi) is 6.01. The van der Waals surface area contributed by atoms with Crippen molar-refractivity contribution in [2.45, 2.75) is 21.8 Å². The first kappa shape index (κ1) is 24.8. The van der Waals surface area contributed by atoms with E-state index in [1.165, 1.54) is 48.5 Å². The standard InChI is InChI=1S/C38H27N3S/c1-2-33-30(19-17-25-18-20-35-32(23-25)31-14-6-9-26-10-7-16-36(42-35)37(26)31)29-13-3-4-15-34(29)41(33)28-12-5-11-27(24-28)38-39-21-8-22-40-38/h2-24,30,33H,1H2/b19-17+. The van der Waals surface area contributed by atoms with Crippen molar-refractivity contribution in [1.82, 2.24) is 9.97 Å². The number of para-hydroxylation sites is 1. The maximum Gasteiger partial charge on any atom is 0.159 e. The van der Waals surface area contributed by atoms with Crippen molar-refractivity contribution in [2.75, 3.05) is 4.90 Å². The third kappa shape index (κ3) is 4.07. The van der Waals surface area contributed by atoms with Gasteiger partial charge in [0.05, 0.1) is 6.04 Å². The van der Waals surface area contributed by atoms with Crippen molar-refractivity contribution < 1.29 is 0 Å². The first-order valence-electron chi connectivity index (χ1n) is 14.2. The Morgan fingerprint density at radius 1 is 0.738 bits per heavy atom. The van der Waals surface area contributed by atoms with Gasteiger partial charge in [-0.25, -0.2) is 9.97 Å². The molecule has 2 unspecified atom stereocenters. The Morgan fingerprint density at radius 2 is 1.57 bits per heavy atom. The van der Waals surface area contributed by atoms with Gasteiger partial charge in [-0.15, -0.1) is 6.58 Å². The molecule has 200 valence electrons. The van der Waals surface area contributed by atoms with Crippen LogP contribution in [0.25, 0.3) is 39.4 Å². The summed E-state index contributed by atoms with van der Waals surface area (Å²) < 4.78 is 0. The van der Waals surface area contributed by atoms with Crippen molar-refractivity contribution in [1.29, 1.82) is 0 Å². The van der Waals surface area contributed by atoms with Crippen LogP contribution < -0.4 is 4.90 Å². The smallest absolute Gasteiger partial charge is 0.159 e. The molecule has 5 aromatic carbocycles. The van der Waals surface area contributed by atoms with Gasteiger partial charge in [0.15, 0.2) is 5.82 Å². The number of fused-ring (bicyclic) bond motifs is 3. The normalized spacial score (nSPS) is 16.9. The Bertz CT molecular complexity index is 2010. The van der Waals surface area contributed by atoms with E-state index in [1.807, 2.05) is 17.8 Å². The number of anilines is 2. The highest BCUT2D eigenvalue weighted by molar-refractivity contribution is 7.99. The van der Waals surface area contributed by atoms with Gasteiger partial charge in [-0.1, -0.05) is 96.7 Å². The van der Waals surface area contributed by atoms with Crippen molar-refractivity contribution >= 4 is 40.0 Å². The van der Waals surface area contributed by atoms with Crippen LogP contribution in [0, 0.1) is 0 Å². The molecule has 0 bridgehead atoms. The van der Waals surface area contributed by atoms with Crippen molar-refractivity contribution in [3.8, 4) is 22.5 Å². The predicted octanol–water partition coefficient (Wildman–Crippen LogP) is 9.93. The lowest BCUT2D eigenvalue weighted by Gasteiger charge is -2.28. The second kappa shape index (κ2) is 10.2. The van der Waals surface area contributed by atoms with Crippen LogP contribution in [0.4, 0.5) is 11.4 Å². The van der Waals surface area contributed by atoms with E-state index in [0.29, 0.717) is 0 Å². The van der Waals surface area contributed by atoms with Crippen LogP contribution in [0.1, 0.15) is 17.0 Å². The molecule has 4 heteroatoms. The van der Waals surface area contributed by atoms with E-state index in [9.17, 15) is 0 Å². The van der Waals surface area contributed by atoms with Crippen molar-refractivity contribution in [3.63, 3.8) is 0 Å². The van der Waals surface area contributed by atoms with Gasteiger partial charge >= 0.3 is 0 Å². The van der Waals surface area contributed by atoms with Crippen LogP contribution in [0.15, 0.2) is 150 Å². The summed E-state index contributed by atoms with van der Waals surface area (Å²) in [5.74, 6) is 0.882. The van der Waals surface area contributed by atoms with Gasteiger partial charge in [-0.2, -0.15) is 0 Å². The van der Waals surface area contributed by atoms with E-state index in [2.05, 4.69) is 143 Å². The van der Waals surface area contributed by atoms with Crippen LogP contribution in [-0.2, 0) is 0 Å². The molecule has 3 nitrogen and oxygen atoms in total. The number of hydrogen-bond acceptors (Lipinski definition) is 4. The quantitative estimate of drug-likeness (QED) is 0.197. The number of hydrogen-bond donors (Lipinski definition) is 0. The van der Waals surface area contributed by atoms with E-state index in [4.69, 9.17) is 0 Å². The summed E-state index contributed by atoms with van der Waals surface area (Å²) in [7, 11) is 0. The molecule has 6 aromatic rings. The maximum atomic E-state index is 4.47. The van der Waals surface area contributed by atoms with Gasteiger partial charge in [0, 0.05) is 50.4 Å². The lowest BCUT2D eigenvalue weighted by atomic mass is 9.92. The Hall–Kier alpha value is -4.93. The molecule has 2 atom stereocenters. The zero-order valence-electron chi connectivity index (χ0n) is 22.9. The zero-order chi connectivity index (χ0) is 28.0. The minimum Gasteiger partial charge on any atom is -0.333 e. The second-order valence-electron chi connectivity index (χ2n) is 10.7. The van der Waals surface area contributed by atoms with E-state index >= 15 is 0 Å². The second-order valence-corrected chi connectivity index (χ2v) is 11.8. The summed E-state index contributed by atoms with van der Waals surface area (Å²) in [5.41, 5.74) is 8.42. The average Bonchev–Trinajstić information content (AvgIpc) is 3.38.